The van der Waals surface area contributed by atoms with E-state index in [0.29, 0.717) is 5.92 Å². The van der Waals surface area contributed by atoms with E-state index in [2.05, 4.69) is 5.32 Å². The number of hydrogen-bond acceptors (Lipinski definition) is 3. The Balaban J connectivity index is 2.26. The molecule has 0 aromatic carbocycles. The van der Waals surface area contributed by atoms with Gasteiger partial charge in [0.15, 0.2) is 0 Å². The summed E-state index contributed by atoms with van der Waals surface area (Å²) in [5, 5.41) is 11.8. The Kier molecular flexibility index (Phi) is 4.18. The molecule has 1 aliphatic heterocycles. The van der Waals surface area contributed by atoms with Crippen LogP contribution in [0.5, 0.6) is 0 Å². The number of carbonyl (C=O) groups excluding carboxylic acids is 1. The highest BCUT2D eigenvalue weighted by Gasteiger charge is 2.21. The Labute approximate surface area is 78.9 Å². The number of aliphatic hydroxyl groups is 1. The minimum absolute atomic E-state index is 0.136. The predicted molar refractivity (Wildman–Crippen MR) is 50.3 cm³/mol. The summed E-state index contributed by atoms with van der Waals surface area (Å²) in [4.78, 5) is 12.8. The minimum Gasteiger partial charge on any atom is -0.387 e. The highest BCUT2D eigenvalue weighted by Crippen LogP contribution is 2.15. The smallest absolute Gasteiger partial charge is 0.248 e. The molecule has 1 fully saturated rings. The van der Waals surface area contributed by atoms with Crippen molar-refractivity contribution in [3.63, 3.8) is 0 Å². The van der Waals surface area contributed by atoms with Crippen molar-refractivity contribution < 1.29 is 9.90 Å². The zero-order valence-electron chi connectivity index (χ0n) is 8.12. The molecule has 1 amide bonds. The van der Waals surface area contributed by atoms with Crippen LogP contribution in [0, 0.1) is 5.92 Å². The SMILES string of the molecule is CNCC1CCN(C(=O)CO)CC1. The van der Waals surface area contributed by atoms with Crippen molar-refractivity contribution in [2.75, 3.05) is 33.3 Å². The second-order valence-electron chi connectivity index (χ2n) is 3.54. The molecule has 1 aliphatic rings. The zero-order chi connectivity index (χ0) is 9.68. The van der Waals surface area contributed by atoms with Gasteiger partial charge in [0.1, 0.15) is 6.61 Å². The Morgan fingerprint density at radius 3 is 2.62 bits per heavy atom. The second-order valence-corrected chi connectivity index (χ2v) is 3.54. The maximum Gasteiger partial charge on any atom is 0.248 e. The molecule has 0 aromatic heterocycles. The van der Waals surface area contributed by atoms with E-state index in [1.54, 1.807) is 4.90 Å². The lowest BCUT2D eigenvalue weighted by Crippen LogP contribution is -2.41. The molecule has 1 heterocycles. The van der Waals surface area contributed by atoms with Gasteiger partial charge in [0, 0.05) is 13.1 Å². The molecule has 4 heteroatoms. The van der Waals surface area contributed by atoms with Crippen LogP contribution in [0.15, 0.2) is 0 Å². The number of amides is 1. The third-order valence-corrected chi connectivity index (χ3v) is 2.60. The summed E-state index contributed by atoms with van der Waals surface area (Å²) in [6.07, 6.45) is 2.10. The molecule has 0 saturated carbocycles. The first-order valence-corrected chi connectivity index (χ1v) is 4.81. The van der Waals surface area contributed by atoms with E-state index in [-0.39, 0.29) is 12.5 Å². The summed E-state index contributed by atoms with van der Waals surface area (Å²) in [6, 6.07) is 0. The molecule has 76 valence electrons. The van der Waals surface area contributed by atoms with Gasteiger partial charge in [-0.2, -0.15) is 0 Å². The molecular weight excluding hydrogens is 168 g/mol. The van der Waals surface area contributed by atoms with Crippen molar-refractivity contribution >= 4 is 5.91 Å². The van der Waals surface area contributed by atoms with E-state index in [1.807, 2.05) is 7.05 Å². The van der Waals surface area contributed by atoms with Crippen molar-refractivity contribution in [3.05, 3.63) is 0 Å². The van der Waals surface area contributed by atoms with Crippen molar-refractivity contribution in [1.82, 2.24) is 10.2 Å². The van der Waals surface area contributed by atoms with Crippen LogP contribution < -0.4 is 5.32 Å². The molecule has 13 heavy (non-hydrogen) atoms. The summed E-state index contributed by atoms with van der Waals surface area (Å²) in [6.45, 7) is 2.27. The fraction of sp³-hybridized carbons (Fsp3) is 0.889. The molecular formula is C9H18N2O2. The van der Waals surface area contributed by atoms with Gasteiger partial charge in [-0.05, 0) is 32.4 Å². The Morgan fingerprint density at radius 2 is 2.15 bits per heavy atom. The van der Waals surface area contributed by atoms with Crippen LogP contribution in [0.25, 0.3) is 0 Å². The van der Waals surface area contributed by atoms with Gasteiger partial charge in [0.05, 0.1) is 0 Å². The average molecular weight is 186 g/mol. The van der Waals surface area contributed by atoms with Crippen LogP contribution in [0.4, 0.5) is 0 Å². The van der Waals surface area contributed by atoms with Crippen molar-refractivity contribution in [2.45, 2.75) is 12.8 Å². The first-order chi connectivity index (χ1) is 6.27. The van der Waals surface area contributed by atoms with Gasteiger partial charge in [-0.1, -0.05) is 0 Å². The number of nitrogens with zero attached hydrogens (tertiary/aromatic N) is 1. The van der Waals surface area contributed by atoms with E-state index in [1.165, 1.54) is 0 Å². The molecule has 0 radical (unpaired) electrons. The van der Waals surface area contributed by atoms with E-state index >= 15 is 0 Å². The van der Waals surface area contributed by atoms with Gasteiger partial charge in [-0.3, -0.25) is 4.79 Å². The average Bonchev–Trinajstić information content (AvgIpc) is 2.18. The standard InChI is InChI=1S/C9H18N2O2/c1-10-6-8-2-4-11(5-3-8)9(13)7-12/h8,10,12H,2-7H2,1H3. The number of carbonyl (C=O) groups is 1. The normalized spacial score (nSPS) is 19.1. The van der Waals surface area contributed by atoms with Gasteiger partial charge in [-0.25, -0.2) is 0 Å². The molecule has 0 spiro atoms. The molecule has 0 aromatic rings. The molecule has 0 aliphatic carbocycles. The fourth-order valence-corrected chi connectivity index (χ4v) is 1.78. The van der Waals surface area contributed by atoms with Crippen LogP contribution in [-0.4, -0.2) is 49.2 Å². The largest absolute Gasteiger partial charge is 0.387 e. The zero-order valence-corrected chi connectivity index (χ0v) is 8.12. The van der Waals surface area contributed by atoms with E-state index in [4.69, 9.17) is 5.11 Å². The van der Waals surface area contributed by atoms with Crippen LogP contribution in [0.3, 0.4) is 0 Å². The minimum atomic E-state index is -0.351. The Bertz CT molecular complexity index is 165. The molecule has 0 bridgehead atoms. The van der Waals surface area contributed by atoms with Gasteiger partial charge in [0.2, 0.25) is 5.91 Å². The maximum atomic E-state index is 11.1. The van der Waals surface area contributed by atoms with E-state index in [0.717, 1.165) is 32.5 Å². The number of rotatable bonds is 3. The van der Waals surface area contributed by atoms with Gasteiger partial charge >= 0.3 is 0 Å². The monoisotopic (exact) mass is 186 g/mol. The lowest BCUT2D eigenvalue weighted by Gasteiger charge is -2.31. The van der Waals surface area contributed by atoms with E-state index < -0.39 is 0 Å². The Hall–Kier alpha value is -0.610. The summed E-state index contributed by atoms with van der Waals surface area (Å²) >= 11 is 0. The molecule has 0 atom stereocenters. The third kappa shape index (κ3) is 2.97. The molecule has 1 rings (SSSR count). The molecule has 0 unspecified atom stereocenters. The van der Waals surface area contributed by atoms with Crippen LogP contribution in [0.2, 0.25) is 0 Å². The third-order valence-electron chi connectivity index (χ3n) is 2.60. The topological polar surface area (TPSA) is 52.6 Å². The Morgan fingerprint density at radius 1 is 1.54 bits per heavy atom. The van der Waals surface area contributed by atoms with Crippen molar-refractivity contribution in [3.8, 4) is 0 Å². The maximum absolute atomic E-state index is 11.1. The highest BCUT2D eigenvalue weighted by atomic mass is 16.3. The lowest BCUT2D eigenvalue weighted by atomic mass is 9.97. The first kappa shape index (κ1) is 10.5. The number of piperidine rings is 1. The summed E-state index contributed by atoms with van der Waals surface area (Å²) in [5.41, 5.74) is 0. The number of aliphatic hydroxyl groups excluding tert-OH is 1. The molecule has 1 saturated heterocycles. The van der Waals surface area contributed by atoms with Gasteiger partial charge in [-0.15, -0.1) is 0 Å². The molecule has 2 N–H and O–H groups in total. The fourth-order valence-electron chi connectivity index (χ4n) is 1.78. The number of nitrogens with one attached hydrogen (secondary N) is 1. The summed E-state index contributed by atoms with van der Waals surface area (Å²) < 4.78 is 0. The van der Waals surface area contributed by atoms with Crippen molar-refractivity contribution in [1.29, 1.82) is 0 Å². The van der Waals surface area contributed by atoms with Gasteiger partial charge in [0.25, 0.3) is 0 Å². The molecule has 4 nitrogen and oxygen atoms in total. The summed E-state index contributed by atoms with van der Waals surface area (Å²) in [5.74, 6) is 0.552. The van der Waals surface area contributed by atoms with Gasteiger partial charge < -0.3 is 15.3 Å². The predicted octanol–water partition coefficient (Wildman–Crippen LogP) is -0.563. The first-order valence-electron chi connectivity index (χ1n) is 4.81. The highest BCUT2D eigenvalue weighted by molar-refractivity contribution is 5.77. The quantitative estimate of drug-likeness (QED) is 0.621. The number of hydrogen-bond donors (Lipinski definition) is 2. The lowest BCUT2D eigenvalue weighted by molar-refractivity contribution is -0.135. The van der Waals surface area contributed by atoms with Crippen LogP contribution >= 0.6 is 0 Å². The van der Waals surface area contributed by atoms with Crippen LogP contribution in [0.1, 0.15) is 12.8 Å². The van der Waals surface area contributed by atoms with Crippen molar-refractivity contribution in [2.24, 2.45) is 5.92 Å². The second kappa shape index (κ2) is 5.19. The van der Waals surface area contributed by atoms with E-state index in [9.17, 15) is 4.79 Å². The number of likely N-dealkylation sites (tertiary alicyclic amines) is 1. The van der Waals surface area contributed by atoms with Crippen LogP contribution in [-0.2, 0) is 4.79 Å². The summed E-state index contributed by atoms with van der Waals surface area (Å²) in [7, 11) is 1.95.